The summed E-state index contributed by atoms with van der Waals surface area (Å²) >= 11 is 1.32. The van der Waals surface area contributed by atoms with Crippen LogP contribution >= 0.6 is 11.3 Å². The van der Waals surface area contributed by atoms with Crippen LogP contribution in [0.1, 0.15) is 0 Å². The third-order valence-corrected chi connectivity index (χ3v) is 7.08. The van der Waals surface area contributed by atoms with Crippen LogP contribution in [0.2, 0.25) is 0 Å². The quantitative estimate of drug-likeness (QED) is 0.357. The van der Waals surface area contributed by atoms with Crippen LogP contribution in [0.25, 0.3) is 26.8 Å². The molecule has 12 heteroatoms. The van der Waals surface area contributed by atoms with E-state index < -0.39 is 10.0 Å². The highest BCUT2D eigenvalue weighted by molar-refractivity contribution is 7.89. The first-order chi connectivity index (χ1) is 16.8. The molecular formula is C23H18N6O4S2. The van der Waals surface area contributed by atoms with Crippen LogP contribution in [0.5, 0.6) is 5.75 Å². The highest BCUT2D eigenvalue weighted by atomic mass is 32.2. The fourth-order valence-corrected chi connectivity index (χ4v) is 5.19. The van der Waals surface area contributed by atoms with Crippen molar-refractivity contribution in [3.63, 3.8) is 0 Å². The van der Waals surface area contributed by atoms with E-state index in [1.807, 2.05) is 24.3 Å². The number of fused-ring (bicyclic) bond motifs is 1. The van der Waals surface area contributed by atoms with E-state index >= 15 is 0 Å². The summed E-state index contributed by atoms with van der Waals surface area (Å²) in [6.07, 6.45) is 3.04. The van der Waals surface area contributed by atoms with Gasteiger partial charge in [0.15, 0.2) is 4.96 Å². The van der Waals surface area contributed by atoms with Gasteiger partial charge in [0.25, 0.3) is 5.56 Å². The standard InChI is InChI=1S/C23H18N6O4S2/c1-33-16-6-2-4-14(12-16)20-21(34-23-26-11-9-19(30)29(20)23)18-8-10-25-22(28-18)27-15-5-3-7-17(13-15)35(24,31)32/h2-13H,1H3,(H2,24,31,32)(H,25,27,28). The Morgan fingerprint density at radius 1 is 1.03 bits per heavy atom. The van der Waals surface area contributed by atoms with Gasteiger partial charge in [-0.25, -0.2) is 28.5 Å². The van der Waals surface area contributed by atoms with Gasteiger partial charge < -0.3 is 10.1 Å². The summed E-state index contributed by atoms with van der Waals surface area (Å²) in [6.45, 7) is 0. The number of benzene rings is 2. The molecule has 0 aliphatic rings. The van der Waals surface area contributed by atoms with Gasteiger partial charge in [-0.2, -0.15) is 0 Å². The summed E-state index contributed by atoms with van der Waals surface area (Å²) in [5.41, 5.74) is 2.17. The topological polar surface area (TPSA) is 142 Å². The van der Waals surface area contributed by atoms with Gasteiger partial charge in [0.1, 0.15) is 5.75 Å². The maximum absolute atomic E-state index is 12.8. The minimum atomic E-state index is -3.86. The molecule has 2 aromatic carbocycles. The van der Waals surface area contributed by atoms with Gasteiger partial charge >= 0.3 is 0 Å². The van der Waals surface area contributed by atoms with Crippen LogP contribution in [0.3, 0.4) is 0 Å². The second kappa shape index (κ2) is 8.91. The molecule has 3 heterocycles. The van der Waals surface area contributed by atoms with Crippen molar-refractivity contribution in [2.75, 3.05) is 12.4 Å². The number of methoxy groups -OCH3 is 1. The number of aromatic nitrogens is 4. The second-order valence-electron chi connectivity index (χ2n) is 7.38. The van der Waals surface area contributed by atoms with E-state index in [0.29, 0.717) is 32.7 Å². The molecule has 176 valence electrons. The van der Waals surface area contributed by atoms with E-state index in [1.165, 1.54) is 35.7 Å². The first kappa shape index (κ1) is 22.7. The molecule has 0 aliphatic carbocycles. The average molecular weight is 507 g/mol. The predicted molar refractivity (Wildman–Crippen MR) is 133 cm³/mol. The highest BCUT2D eigenvalue weighted by Crippen LogP contribution is 2.38. The molecule has 0 saturated carbocycles. The molecule has 0 spiro atoms. The molecule has 3 aromatic heterocycles. The van der Waals surface area contributed by atoms with Crippen LogP contribution in [0.15, 0.2) is 82.7 Å². The lowest BCUT2D eigenvalue weighted by Gasteiger charge is -2.09. The number of hydrogen-bond donors (Lipinski definition) is 2. The Bertz CT molecular complexity index is 1730. The summed E-state index contributed by atoms with van der Waals surface area (Å²) in [7, 11) is -2.28. The summed E-state index contributed by atoms with van der Waals surface area (Å²) in [5, 5.41) is 8.24. The number of anilines is 2. The van der Waals surface area contributed by atoms with E-state index in [4.69, 9.17) is 9.88 Å². The Labute approximate surface area is 203 Å². The zero-order valence-corrected chi connectivity index (χ0v) is 19.9. The van der Waals surface area contributed by atoms with Crippen molar-refractivity contribution in [1.82, 2.24) is 19.4 Å². The first-order valence-electron chi connectivity index (χ1n) is 10.2. The van der Waals surface area contributed by atoms with Gasteiger partial charge in [-0.15, -0.1) is 0 Å². The Morgan fingerprint density at radius 2 is 1.83 bits per heavy atom. The third kappa shape index (κ3) is 4.49. The van der Waals surface area contributed by atoms with Crippen LogP contribution in [0, 0.1) is 0 Å². The summed E-state index contributed by atoms with van der Waals surface area (Å²) in [5.74, 6) is 0.882. The smallest absolute Gasteiger partial charge is 0.258 e. The van der Waals surface area contributed by atoms with E-state index in [1.54, 1.807) is 35.9 Å². The van der Waals surface area contributed by atoms with Gasteiger partial charge in [0.2, 0.25) is 16.0 Å². The lowest BCUT2D eigenvalue weighted by atomic mass is 10.1. The molecule has 0 fully saturated rings. The number of primary sulfonamides is 1. The maximum Gasteiger partial charge on any atom is 0.258 e. The molecule has 0 amide bonds. The van der Waals surface area contributed by atoms with Gasteiger partial charge in [-0.1, -0.05) is 29.5 Å². The zero-order valence-electron chi connectivity index (χ0n) is 18.2. The fourth-order valence-electron chi connectivity index (χ4n) is 3.54. The first-order valence-corrected chi connectivity index (χ1v) is 12.6. The van der Waals surface area contributed by atoms with Crippen LogP contribution in [-0.2, 0) is 10.0 Å². The van der Waals surface area contributed by atoms with Crippen molar-refractivity contribution in [1.29, 1.82) is 0 Å². The number of ether oxygens (including phenoxy) is 1. The van der Waals surface area contributed by atoms with Gasteiger partial charge in [0.05, 0.1) is 28.3 Å². The van der Waals surface area contributed by atoms with E-state index in [0.717, 1.165) is 5.56 Å². The Kier molecular flexibility index (Phi) is 5.76. The van der Waals surface area contributed by atoms with Crippen molar-refractivity contribution in [3.8, 4) is 27.6 Å². The highest BCUT2D eigenvalue weighted by Gasteiger charge is 2.20. The number of thiazole rings is 1. The van der Waals surface area contributed by atoms with Crippen molar-refractivity contribution >= 4 is 38.0 Å². The summed E-state index contributed by atoms with van der Waals surface area (Å²) in [4.78, 5) is 27.2. The molecule has 0 radical (unpaired) electrons. The molecule has 5 aromatic rings. The summed E-state index contributed by atoms with van der Waals surface area (Å²) in [6, 6.07) is 16.6. The fraction of sp³-hybridized carbons (Fsp3) is 0.0435. The van der Waals surface area contributed by atoms with Crippen molar-refractivity contribution in [2.24, 2.45) is 5.14 Å². The van der Waals surface area contributed by atoms with E-state index in [-0.39, 0.29) is 16.4 Å². The zero-order chi connectivity index (χ0) is 24.6. The maximum atomic E-state index is 12.8. The largest absolute Gasteiger partial charge is 0.497 e. The molecule has 0 saturated heterocycles. The van der Waals surface area contributed by atoms with Crippen LogP contribution in [0.4, 0.5) is 11.6 Å². The number of nitrogens with zero attached hydrogens (tertiary/aromatic N) is 4. The Morgan fingerprint density at radius 3 is 2.63 bits per heavy atom. The predicted octanol–water partition coefficient (Wildman–Crippen LogP) is 3.28. The lowest BCUT2D eigenvalue weighted by Crippen LogP contribution is -2.12. The molecule has 5 rings (SSSR count). The number of nitrogens with one attached hydrogen (secondary N) is 1. The minimum absolute atomic E-state index is 0.0334. The minimum Gasteiger partial charge on any atom is -0.497 e. The SMILES string of the molecule is COc1cccc(-c2c(-c3ccnc(Nc4cccc(S(N)(=O)=O)c4)n3)sc3nccc(=O)n23)c1. The summed E-state index contributed by atoms with van der Waals surface area (Å²) < 4.78 is 30.3. The van der Waals surface area contributed by atoms with Crippen molar-refractivity contribution in [3.05, 3.63) is 83.4 Å². The Balaban J connectivity index is 1.64. The lowest BCUT2D eigenvalue weighted by molar-refractivity contribution is 0.415. The van der Waals surface area contributed by atoms with Crippen molar-refractivity contribution < 1.29 is 13.2 Å². The number of rotatable bonds is 6. The second-order valence-corrected chi connectivity index (χ2v) is 9.92. The van der Waals surface area contributed by atoms with E-state index in [2.05, 4.69) is 20.3 Å². The third-order valence-electron chi connectivity index (χ3n) is 5.10. The van der Waals surface area contributed by atoms with E-state index in [9.17, 15) is 13.2 Å². The normalized spacial score (nSPS) is 11.5. The molecule has 0 atom stereocenters. The van der Waals surface area contributed by atoms with Crippen molar-refractivity contribution in [2.45, 2.75) is 4.90 Å². The molecular weight excluding hydrogens is 488 g/mol. The number of nitrogens with two attached hydrogens (primary N) is 1. The molecule has 0 bridgehead atoms. The molecule has 10 nitrogen and oxygen atoms in total. The monoisotopic (exact) mass is 506 g/mol. The van der Waals surface area contributed by atoms with Gasteiger partial charge in [0, 0.05) is 29.7 Å². The molecule has 0 unspecified atom stereocenters. The van der Waals surface area contributed by atoms with Crippen LogP contribution < -0.4 is 20.8 Å². The van der Waals surface area contributed by atoms with Crippen LogP contribution in [-0.4, -0.2) is 34.9 Å². The molecule has 3 N–H and O–H groups in total. The number of hydrogen-bond acceptors (Lipinski definition) is 9. The average Bonchev–Trinajstić information content (AvgIpc) is 3.25. The Hall–Kier alpha value is -4.13. The number of sulfonamides is 1. The van der Waals surface area contributed by atoms with Gasteiger partial charge in [-0.05, 0) is 36.4 Å². The van der Waals surface area contributed by atoms with Gasteiger partial charge in [-0.3, -0.25) is 9.20 Å². The molecule has 35 heavy (non-hydrogen) atoms. The molecule has 0 aliphatic heterocycles.